The third-order valence-corrected chi connectivity index (χ3v) is 12.7. The van der Waals surface area contributed by atoms with E-state index in [0.717, 1.165) is 43.4 Å². The lowest BCUT2D eigenvalue weighted by molar-refractivity contribution is -0.164. The number of methoxy groups -OCH3 is 1. The van der Waals surface area contributed by atoms with Crippen molar-refractivity contribution in [3.63, 3.8) is 0 Å². The van der Waals surface area contributed by atoms with Gasteiger partial charge >= 0.3 is 23.9 Å². The number of hydrogen-bond acceptors (Lipinski definition) is 8. The molecular weight excluding hydrogens is 560 g/mol. The highest BCUT2D eigenvalue weighted by Gasteiger charge is 2.60. The average molecular weight is 619 g/mol. The number of hydrogen-bond donors (Lipinski definition) is 0. The largest absolute Gasteiger partial charge is 0.469 e. The minimum atomic E-state index is -0.386. The van der Waals surface area contributed by atoms with E-state index in [0.29, 0.717) is 54.3 Å². The van der Waals surface area contributed by atoms with Crippen LogP contribution in [-0.4, -0.2) is 49.8 Å². The van der Waals surface area contributed by atoms with Gasteiger partial charge in [-0.25, -0.2) is 0 Å². The van der Waals surface area contributed by atoms with Gasteiger partial charge in [-0.15, -0.1) is 0 Å². The highest BCUT2D eigenvalue weighted by molar-refractivity contribution is 5.70. The zero-order chi connectivity index (χ0) is 32.1. The number of esters is 4. The first-order valence-electron chi connectivity index (χ1n) is 17.4. The maximum atomic E-state index is 12.9. The molecule has 0 aromatic rings. The molecule has 4 rings (SSSR count). The Hall–Kier alpha value is -2.12. The number of carbonyl (C=O) groups excluding carboxylic acids is 4. The second kappa shape index (κ2) is 15.0. The molecule has 8 heteroatoms. The molecule has 0 spiro atoms. The van der Waals surface area contributed by atoms with Crippen molar-refractivity contribution >= 4 is 23.9 Å². The van der Waals surface area contributed by atoms with Crippen LogP contribution in [0, 0.1) is 46.3 Å². The predicted octanol–water partition coefficient (Wildman–Crippen LogP) is 7.20. The van der Waals surface area contributed by atoms with Crippen molar-refractivity contribution in [3.05, 3.63) is 0 Å². The SMILES string of the molecule is COC(=O)CC[C@@H](C)[C@H]1CC[C@H]2[C@@H]3CC[C@H]4C[C@H](OC(=O)CC[C@@H](CCCOC(C)=O)OC(C)=O)CC[C@]4(C)[C@H]3CC[C@]12C. The summed E-state index contributed by atoms with van der Waals surface area (Å²) in [5, 5.41) is 0. The fraction of sp³-hybridized carbons (Fsp3) is 0.889. The van der Waals surface area contributed by atoms with Crippen molar-refractivity contribution in [2.75, 3.05) is 13.7 Å². The topological polar surface area (TPSA) is 105 Å². The lowest BCUT2D eigenvalue weighted by atomic mass is 9.44. The standard InChI is InChI=1S/C36H58O8/c1-23(9-15-33(39)41-6)30-13-14-31-29-12-10-26-22-28(17-19-35(26,4)32(29)18-20-36(30,31)5)44-34(40)16-11-27(43-25(3)38)8-7-21-42-24(2)37/h23,26-32H,7-22H2,1-6H3/t23-,26+,27-,28-,29+,30-,31+,32+,35+,36-/m1/s1. The molecule has 0 amide bonds. The molecule has 4 fully saturated rings. The van der Waals surface area contributed by atoms with Crippen LogP contribution in [0.5, 0.6) is 0 Å². The summed E-state index contributed by atoms with van der Waals surface area (Å²) < 4.78 is 21.3. The molecule has 4 aliphatic rings. The van der Waals surface area contributed by atoms with E-state index in [2.05, 4.69) is 20.8 Å². The van der Waals surface area contributed by atoms with Crippen LogP contribution in [0.4, 0.5) is 0 Å². The average Bonchev–Trinajstić information content (AvgIpc) is 3.33. The van der Waals surface area contributed by atoms with Gasteiger partial charge in [-0.1, -0.05) is 20.8 Å². The molecule has 0 unspecified atom stereocenters. The zero-order valence-electron chi connectivity index (χ0n) is 28.2. The third-order valence-electron chi connectivity index (χ3n) is 12.7. The molecule has 0 aliphatic heterocycles. The maximum Gasteiger partial charge on any atom is 0.306 e. The number of fused-ring (bicyclic) bond motifs is 5. The molecule has 0 aromatic carbocycles. The molecular formula is C36H58O8. The normalized spacial score (nSPS) is 35.7. The van der Waals surface area contributed by atoms with E-state index in [1.165, 1.54) is 59.5 Å². The smallest absolute Gasteiger partial charge is 0.306 e. The van der Waals surface area contributed by atoms with Gasteiger partial charge < -0.3 is 18.9 Å². The summed E-state index contributed by atoms with van der Waals surface area (Å²) in [4.78, 5) is 47.3. The Balaban J connectivity index is 1.28. The van der Waals surface area contributed by atoms with E-state index in [-0.39, 0.29) is 49.1 Å². The van der Waals surface area contributed by atoms with Crippen LogP contribution in [0.3, 0.4) is 0 Å². The van der Waals surface area contributed by atoms with Gasteiger partial charge in [-0.2, -0.15) is 0 Å². The second-order valence-electron chi connectivity index (χ2n) is 15.1. The summed E-state index contributed by atoms with van der Waals surface area (Å²) in [6, 6.07) is 0. The van der Waals surface area contributed by atoms with Crippen molar-refractivity contribution in [1.29, 1.82) is 0 Å². The third kappa shape index (κ3) is 7.99. The molecule has 10 atom stereocenters. The molecule has 44 heavy (non-hydrogen) atoms. The second-order valence-corrected chi connectivity index (χ2v) is 15.1. The highest BCUT2D eigenvalue weighted by Crippen LogP contribution is 2.68. The molecule has 8 nitrogen and oxygen atoms in total. The Morgan fingerprint density at radius 2 is 1.50 bits per heavy atom. The van der Waals surface area contributed by atoms with E-state index < -0.39 is 0 Å². The molecule has 0 radical (unpaired) electrons. The van der Waals surface area contributed by atoms with Gasteiger partial charge in [0.25, 0.3) is 0 Å². The van der Waals surface area contributed by atoms with E-state index in [9.17, 15) is 19.2 Å². The van der Waals surface area contributed by atoms with Crippen molar-refractivity contribution in [2.45, 2.75) is 143 Å². The molecule has 4 saturated carbocycles. The lowest BCUT2D eigenvalue weighted by Crippen LogP contribution is -2.54. The summed E-state index contributed by atoms with van der Waals surface area (Å²) in [5.74, 6) is 3.12. The van der Waals surface area contributed by atoms with E-state index in [4.69, 9.17) is 18.9 Å². The van der Waals surface area contributed by atoms with Gasteiger partial charge in [0.15, 0.2) is 0 Å². The van der Waals surface area contributed by atoms with Crippen LogP contribution >= 0.6 is 0 Å². The van der Waals surface area contributed by atoms with E-state index >= 15 is 0 Å². The minimum absolute atomic E-state index is 0.0337. The van der Waals surface area contributed by atoms with Gasteiger partial charge in [0.1, 0.15) is 12.2 Å². The van der Waals surface area contributed by atoms with E-state index in [1.54, 1.807) is 0 Å². The lowest BCUT2D eigenvalue weighted by Gasteiger charge is -2.61. The van der Waals surface area contributed by atoms with Crippen LogP contribution in [0.25, 0.3) is 0 Å². The van der Waals surface area contributed by atoms with Crippen molar-refractivity contribution in [2.24, 2.45) is 46.3 Å². The molecule has 0 aromatic heterocycles. The minimum Gasteiger partial charge on any atom is -0.469 e. The molecule has 0 heterocycles. The van der Waals surface area contributed by atoms with Crippen molar-refractivity contribution in [3.8, 4) is 0 Å². The van der Waals surface area contributed by atoms with Crippen molar-refractivity contribution in [1.82, 2.24) is 0 Å². The number of ether oxygens (including phenoxy) is 4. The van der Waals surface area contributed by atoms with Crippen LogP contribution < -0.4 is 0 Å². The molecule has 250 valence electrons. The molecule has 0 saturated heterocycles. The van der Waals surface area contributed by atoms with Crippen LogP contribution in [-0.2, 0) is 38.1 Å². The summed E-state index contributed by atoms with van der Waals surface area (Å²) in [5.41, 5.74) is 0.682. The summed E-state index contributed by atoms with van der Waals surface area (Å²) in [6.07, 6.45) is 13.5. The summed E-state index contributed by atoms with van der Waals surface area (Å²) in [6.45, 7) is 10.5. The van der Waals surface area contributed by atoms with Crippen molar-refractivity contribution < 1.29 is 38.1 Å². The Labute approximate surface area is 265 Å². The Morgan fingerprint density at radius 1 is 0.795 bits per heavy atom. The Bertz CT molecular complexity index is 1030. The first-order valence-corrected chi connectivity index (χ1v) is 17.4. The van der Waals surface area contributed by atoms with Crippen LogP contribution in [0.2, 0.25) is 0 Å². The van der Waals surface area contributed by atoms with Gasteiger partial charge in [0.2, 0.25) is 0 Å². The summed E-state index contributed by atoms with van der Waals surface area (Å²) >= 11 is 0. The monoisotopic (exact) mass is 618 g/mol. The fourth-order valence-corrected chi connectivity index (χ4v) is 10.5. The first kappa shape index (κ1) is 34.7. The predicted molar refractivity (Wildman–Crippen MR) is 166 cm³/mol. The highest BCUT2D eigenvalue weighted by atomic mass is 16.6. The zero-order valence-corrected chi connectivity index (χ0v) is 28.2. The number of carbonyl (C=O) groups is 4. The maximum absolute atomic E-state index is 12.9. The van der Waals surface area contributed by atoms with Gasteiger partial charge in [-0.05, 0) is 130 Å². The van der Waals surface area contributed by atoms with Crippen LogP contribution in [0.1, 0.15) is 131 Å². The van der Waals surface area contributed by atoms with Gasteiger partial charge in [0, 0.05) is 26.7 Å². The van der Waals surface area contributed by atoms with Gasteiger partial charge in [0.05, 0.1) is 13.7 Å². The Kier molecular flexibility index (Phi) is 11.8. The quantitative estimate of drug-likeness (QED) is 0.121. The first-order chi connectivity index (χ1) is 20.9. The molecule has 0 bridgehead atoms. The van der Waals surface area contributed by atoms with Crippen LogP contribution in [0.15, 0.2) is 0 Å². The Morgan fingerprint density at radius 3 is 2.20 bits per heavy atom. The molecule has 0 N–H and O–H groups in total. The molecule has 4 aliphatic carbocycles. The number of rotatable bonds is 13. The van der Waals surface area contributed by atoms with E-state index in [1.807, 2.05) is 0 Å². The van der Waals surface area contributed by atoms with Gasteiger partial charge in [-0.3, -0.25) is 19.2 Å². The fourth-order valence-electron chi connectivity index (χ4n) is 10.5. The summed E-state index contributed by atoms with van der Waals surface area (Å²) in [7, 11) is 1.48.